The lowest BCUT2D eigenvalue weighted by atomic mass is 10.0. The third-order valence-corrected chi connectivity index (χ3v) is 6.99. The monoisotopic (exact) mass is 657 g/mol. The van der Waals surface area contributed by atoms with Gasteiger partial charge in [0.05, 0.1) is 25.2 Å². The molecule has 0 fully saturated rings. The van der Waals surface area contributed by atoms with Crippen LogP contribution >= 0.6 is 11.8 Å². The van der Waals surface area contributed by atoms with E-state index in [0.717, 1.165) is 11.1 Å². The summed E-state index contributed by atoms with van der Waals surface area (Å²) in [5.41, 5.74) is 7.46. The fraction of sp³-hybridized carbons (Fsp3) is 0.438. The molecule has 14 heteroatoms. The molecule has 0 bridgehead atoms. The van der Waals surface area contributed by atoms with E-state index in [9.17, 15) is 28.8 Å². The minimum absolute atomic E-state index is 0.140. The predicted molar refractivity (Wildman–Crippen MR) is 174 cm³/mol. The minimum Gasteiger partial charge on any atom is -0.461 e. The van der Waals surface area contributed by atoms with Crippen molar-refractivity contribution in [2.45, 2.75) is 64.3 Å². The van der Waals surface area contributed by atoms with Crippen molar-refractivity contribution in [1.29, 1.82) is 0 Å². The lowest BCUT2D eigenvalue weighted by molar-refractivity contribution is -0.151. The number of hydrogen-bond acceptors (Lipinski definition) is 10. The van der Waals surface area contributed by atoms with E-state index >= 15 is 0 Å². The number of ether oxygens (including phenoxy) is 2. The SMILES string of the molecule is CSCCC(NC(=O)C(Cc1ccccc1)NC(=O)CNC(=O)CNC(=O)C(N)Cc1ccc(OC(C)=O)cc1)C(=O)OC(C)C. The number of nitrogens with two attached hydrogens (primary N) is 1. The molecular weight excluding hydrogens is 614 g/mol. The van der Waals surface area contributed by atoms with E-state index in [1.807, 2.05) is 12.3 Å². The maximum Gasteiger partial charge on any atom is 0.328 e. The molecule has 3 unspecified atom stereocenters. The molecule has 46 heavy (non-hydrogen) atoms. The fourth-order valence-electron chi connectivity index (χ4n) is 4.12. The summed E-state index contributed by atoms with van der Waals surface area (Å²) < 4.78 is 10.3. The second-order valence-electron chi connectivity index (χ2n) is 10.7. The van der Waals surface area contributed by atoms with Gasteiger partial charge in [-0.15, -0.1) is 0 Å². The molecule has 0 radical (unpaired) electrons. The zero-order valence-corrected chi connectivity index (χ0v) is 27.3. The van der Waals surface area contributed by atoms with E-state index in [-0.39, 0.29) is 18.9 Å². The smallest absolute Gasteiger partial charge is 0.328 e. The molecule has 2 aromatic rings. The second kappa shape index (κ2) is 19.9. The third-order valence-electron chi connectivity index (χ3n) is 6.34. The first-order valence-electron chi connectivity index (χ1n) is 14.8. The number of nitrogens with one attached hydrogen (secondary N) is 4. The van der Waals surface area contributed by atoms with Gasteiger partial charge in [-0.25, -0.2) is 4.79 Å². The Hall–Kier alpha value is -4.43. The van der Waals surface area contributed by atoms with Crippen LogP contribution in [-0.4, -0.2) is 84.9 Å². The number of hydrogen-bond donors (Lipinski definition) is 5. The summed E-state index contributed by atoms with van der Waals surface area (Å²) in [6.45, 7) is 3.84. The van der Waals surface area contributed by atoms with Crippen LogP contribution in [0, 0.1) is 0 Å². The van der Waals surface area contributed by atoms with Crippen molar-refractivity contribution in [3.63, 3.8) is 0 Å². The van der Waals surface area contributed by atoms with Gasteiger partial charge >= 0.3 is 11.9 Å². The summed E-state index contributed by atoms with van der Waals surface area (Å²) in [6.07, 6.45) is 2.18. The Balaban J connectivity index is 1.91. The van der Waals surface area contributed by atoms with E-state index in [1.165, 1.54) is 18.7 Å². The molecule has 3 atom stereocenters. The van der Waals surface area contributed by atoms with Crippen molar-refractivity contribution >= 4 is 47.3 Å². The van der Waals surface area contributed by atoms with Crippen LogP contribution in [0.3, 0.4) is 0 Å². The van der Waals surface area contributed by atoms with Gasteiger partial charge < -0.3 is 36.5 Å². The fourth-order valence-corrected chi connectivity index (χ4v) is 4.59. The highest BCUT2D eigenvalue weighted by Gasteiger charge is 2.28. The first-order chi connectivity index (χ1) is 21.9. The molecule has 0 aliphatic rings. The van der Waals surface area contributed by atoms with Crippen molar-refractivity contribution in [2.24, 2.45) is 5.73 Å². The maximum atomic E-state index is 13.3. The summed E-state index contributed by atoms with van der Waals surface area (Å²) in [6, 6.07) is 12.6. The number of amides is 4. The average molecular weight is 658 g/mol. The number of carbonyl (C=O) groups is 6. The molecule has 0 aromatic heterocycles. The molecule has 6 N–H and O–H groups in total. The van der Waals surface area contributed by atoms with Gasteiger partial charge in [0.15, 0.2) is 0 Å². The lowest BCUT2D eigenvalue weighted by Gasteiger charge is -2.23. The van der Waals surface area contributed by atoms with E-state index in [1.54, 1.807) is 62.4 Å². The van der Waals surface area contributed by atoms with Crippen LogP contribution in [0.5, 0.6) is 5.75 Å². The maximum absolute atomic E-state index is 13.3. The van der Waals surface area contributed by atoms with Crippen molar-refractivity contribution in [3.05, 3.63) is 65.7 Å². The Morgan fingerprint density at radius 2 is 1.41 bits per heavy atom. The average Bonchev–Trinajstić information content (AvgIpc) is 3.01. The Kier molecular flexibility index (Phi) is 16.3. The molecule has 2 rings (SSSR count). The number of benzene rings is 2. The summed E-state index contributed by atoms with van der Waals surface area (Å²) in [5.74, 6) is -2.47. The van der Waals surface area contributed by atoms with Gasteiger partial charge in [0.25, 0.3) is 0 Å². The van der Waals surface area contributed by atoms with Gasteiger partial charge in [-0.1, -0.05) is 42.5 Å². The highest BCUT2D eigenvalue weighted by molar-refractivity contribution is 7.98. The number of rotatable bonds is 18. The number of carbonyl (C=O) groups excluding carboxylic acids is 6. The molecule has 0 heterocycles. The van der Waals surface area contributed by atoms with E-state index < -0.39 is 66.8 Å². The van der Waals surface area contributed by atoms with Gasteiger partial charge in [-0.05, 0) is 62.0 Å². The lowest BCUT2D eigenvalue weighted by Crippen LogP contribution is -2.54. The Morgan fingerprint density at radius 3 is 2.02 bits per heavy atom. The summed E-state index contributed by atoms with van der Waals surface area (Å²) in [5, 5.41) is 10.2. The molecule has 2 aromatic carbocycles. The van der Waals surface area contributed by atoms with Gasteiger partial charge in [-0.2, -0.15) is 11.8 Å². The van der Waals surface area contributed by atoms with Gasteiger partial charge in [0.1, 0.15) is 17.8 Å². The first-order valence-corrected chi connectivity index (χ1v) is 16.2. The van der Waals surface area contributed by atoms with Gasteiger partial charge in [0.2, 0.25) is 23.6 Å². The Labute approximate surface area is 273 Å². The standard InChI is InChI=1S/C32H43N5O8S/c1-20(2)44-32(43)26(14-15-46-4)37-31(42)27(17-22-8-6-5-7-9-22)36-29(40)19-34-28(39)18-35-30(41)25(33)16-23-10-12-24(13-11-23)45-21(3)38/h5-13,20,25-27H,14-19,33H2,1-4H3,(H,34,39)(H,35,41)(H,36,40)(H,37,42). The highest BCUT2D eigenvalue weighted by Crippen LogP contribution is 2.13. The van der Waals surface area contributed by atoms with Crippen molar-refractivity contribution in [1.82, 2.24) is 21.3 Å². The predicted octanol–water partition coefficient (Wildman–Crippen LogP) is 0.631. The zero-order chi connectivity index (χ0) is 34.1. The van der Waals surface area contributed by atoms with Crippen LogP contribution in [0.15, 0.2) is 54.6 Å². The van der Waals surface area contributed by atoms with Crippen LogP contribution in [0.4, 0.5) is 0 Å². The number of thioether (sulfide) groups is 1. The molecule has 0 saturated heterocycles. The van der Waals surface area contributed by atoms with E-state index in [0.29, 0.717) is 17.9 Å². The summed E-state index contributed by atoms with van der Waals surface area (Å²) >= 11 is 1.52. The van der Waals surface area contributed by atoms with Crippen molar-refractivity contribution < 1.29 is 38.2 Å². The van der Waals surface area contributed by atoms with E-state index in [4.69, 9.17) is 15.2 Å². The zero-order valence-electron chi connectivity index (χ0n) is 26.5. The van der Waals surface area contributed by atoms with Crippen molar-refractivity contribution in [2.75, 3.05) is 25.1 Å². The molecule has 13 nitrogen and oxygen atoms in total. The highest BCUT2D eigenvalue weighted by atomic mass is 32.2. The molecule has 0 saturated carbocycles. The van der Waals surface area contributed by atoms with Crippen molar-refractivity contribution in [3.8, 4) is 5.75 Å². The quantitative estimate of drug-likeness (QED) is 0.112. The summed E-state index contributed by atoms with van der Waals surface area (Å²) in [4.78, 5) is 74.5. The first kappa shape index (κ1) is 37.8. The molecule has 0 aliphatic heterocycles. The van der Waals surface area contributed by atoms with Crippen LogP contribution in [0.25, 0.3) is 0 Å². The van der Waals surface area contributed by atoms with Gasteiger partial charge in [-0.3, -0.25) is 24.0 Å². The van der Waals surface area contributed by atoms with Crippen LogP contribution in [0.2, 0.25) is 0 Å². The minimum atomic E-state index is -1.05. The molecule has 4 amide bonds. The van der Waals surface area contributed by atoms with E-state index in [2.05, 4.69) is 21.3 Å². The van der Waals surface area contributed by atoms with Crippen LogP contribution < -0.4 is 31.7 Å². The molecule has 250 valence electrons. The second-order valence-corrected chi connectivity index (χ2v) is 11.7. The third kappa shape index (κ3) is 14.6. The van der Waals surface area contributed by atoms with Crippen LogP contribution in [0.1, 0.15) is 38.3 Å². The molecular formula is C32H43N5O8S. The Bertz CT molecular complexity index is 1320. The normalized spacial score (nSPS) is 12.7. The molecule has 0 aliphatic carbocycles. The van der Waals surface area contributed by atoms with Gasteiger partial charge in [0, 0.05) is 13.3 Å². The Morgan fingerprint density at radius 1 is 0.783 bits per heavy atom. The number of esters is 2. The molecule has 0 spiro atoms. The summed E-state index contributed by atoms with van der Waals surface area (Å²) in [7, 11) is 0. The largest absolute Gasteiger partial charge is 0.461 e. The van der Waals surface area contributed by atoms with Crippen LogP contribution in [-0.2, 0) is 46.3 Å². The topological polar surface area (TPSA) is 195 Å².